The number of hydrogen-bond acceptors (Lipinski definition) is 2. The molecule has 0 spiro atoms. The van der Waals surface area contributed by atoms with Crippen molar-refractivity contribution in [3.63, 3.8) is 0 Å². The van der Waals surface area contributed by atoms with Crippen molar-refractivity contribution in [2.45, 2.75) is 12.8 Å². The molecule has 1 saturated heterocycles. The Balaban J connectivity index is 1.75. The molecule has 0 bridgehead atoms. The normalized spacial score (nSPS) is 20.9. The van der Waals surface area contributed by atoms with Crippen molar-refractivity contribution < 1.29 is 13.9 Å². The van der Waals surface area contributed by atoms with E-state index >= 15 is 0 Å². The summed E-state index contributed by atoms with van der Waals surface area (Å²) in [4.78, 5) is 12.0. The molecule has 2 aromatic rings. The van der Waals surface area contributed by atoms with Crippen LogP contribution in [-0.2, 0) is 22.4 Å². The third-order valence-corrected chi connectivity index (χ3v) is 4.84. The third-order valence-electron chi connectivity index (χ3n) is 4.12. The third kappa shape index (κ3) is 3.48. The van der Waals surface area contributed by atoms with Gasteiger partial charge in [-0.15, -0.1) is 0 Å². The average molecular weight is 410 g/mol. The SMILES string of the molecule is O=C1OC[C@H](Cc2ccccc2F)[C@H]1Cc1ccc(I)cc1. The van der Waals surface area contributed by atoms with Crippen LogP contribution in [0.5, 0.6) is 0 Å². The van der Waals surface area contributed by atoms with E-state index in [1.165, 1.54) is 9.64 Å². The van der Waals surface area contributed by atoms with E-state index in [2.05, 4.69) is 22.6 Å². The van der Waals surface area contributed by atoms with Gasteiger partial charge in [0.2, 0.25) is 0 Å². The lowest BCUT2D eigenvalue weighted by Crippen LogP contribution is -2.21. The number of halogens is 2. The molecule has 1 fully saturated rings. The zero-order valence-corrected chi connectivity index (χ0v) is 14.1. The van der Waals surface area contributed by atoms with E-state index in [0.717, 1.165) is 5.56 Å². The first kappa shape index (κ1) is 15.5. The minimum atomic E-state index is -0.213. The zero-order valence-electron chi connectivity index (χ0n) is 12.0. The summed E-state index contributed by atoms with van der Waals surface area (Å²) in [6.07, 6.45) is 1.18. The van der Waals surface area contributed by atoms with Crippen molar-refractivity contribution in [1.82, 2.24) is 0 Å². The molecule has 0 aromatic heterocycles. The van der Waals surface area contributed by atoms with Crippen LogP contribution in [0, 0.1) is 21.2 Å². The molecule has 2 atom stereocenters. The van der Waals surface area contributed by atoms with Crippen LogP contribution in [0.15, 0.2) is 48.5 Å². The summed E-state index contributed by atoms with van der Waals surface area (Å²) in [5, 5.41) is 0. The topological polar surface area (TPSA) is 26.3 Å². The van der Waals surface area contributed by atoms with Crippen molar-refractivity contribution in [1.29, 1.82) is 0 Å². The fourth-order valence-electron chi connectivity index (χ4n) is 2.88. The Kier molecular flexibility index (Phi) is 4.76. The number of benzene rings is 2. The maximum Gasteiger partial charge on any atom is 0.309 e. The first-order valence-corrected chi connectivity index (χ1v) is 8.36. The van der Waals surface area contributed by atoms with Gasteiger partial charge in [-0.05, 0) is 64.8 Å². The highest BCUT2D eigenvalue weighted by Crippen LogP contribution is 2.29. The lowest BCUT2D eigenvalue weighted by Gasteiger charge is -2.15. The number of carbonyl (C=O) groups excluding carboxylic acids is 1. The molecule has 0 radical (unpaired) electrons. The summed E-state index contributed by atoms with van der Waals surface area (Å²) in [5.74, 6) is -0.543. The number of rotatable bonds is 4. The van der Waals surface area contributed by atoms with Gasteiger partial charge in [0.25, 0.3) is 0 Å². The molecule has 0 unspecified atom stereocenters. The van der Waals surface area contributed by atoms with Gasteiger partial charge in [-0.25, -0.2) is 4.39 Å². The van der Waals surface area contributed by atoms with Gasteiger partial charge in [0, 0.05) is 9.49 Å². The van der Waals surface area contributed by atoms with Crippen LogP contribution in [-0.4, -0.2) is 12.6 Å². The van der Waals surface area contributed by atoms with E-state index in [0.29, 0.717) is 25.0 Å². The lowest BCUT2D eigenvalue weighted by molar-refractivity contribution is -0.141. The summed E-state index contributed by atoms with van der Waals surface area (Å²) in [7, 11) is 0. The van der Waals surface area contributed by atoms with Gasteiger partial charge >= 0.3 is 5.97 Å². The molecule has 0 saturated carbocycles. The smallest absolute Gasteiger partial charge is 0.309 e. The minimum absolute atomic E-state index is 0.0312. The highest BCUT2D eigenvalue weighted by molar-refractivity contribution is 14.1. The molecule has 22 heavy (non-hydrogen) atoms. The highest BCUT2D eigenvalue weighted by Gasteiger charge is 2.37. The van der Waals surface area contributed by atoms with Gasteiger partial charge < -0.3 is 4.74 Å². The van der Waals surface area contributed by atoms with Crippen LogP contribution in [0.4, 0.5) is 4.39 Å². The summed E-state index contributed by atoms with van der Waals surface area (Å²) in [5.41, 5.74) is 1.77. The van der Waals surface area contributed by atoms with Crippen molar-refractivity contribution in [2.75, 3.05) is 6.61 Å². The Hall–Kier alpha value is -1.43. The van der Waals surface area contributed by atoms with Gasteiger partial charge in [0.1, 0.15) is 5.82 Å². The van der Waals surface area contributed by atoms with Crippen LogP contribution in [0.2, 0.25) is 0 Å². The monoisotopic (exact) mass is 410 g/mol. The molecule has 2 aromatic carbocycles. The van der Waals surface area contributed by atoms with E-state index in [4.69, 9.17) is 4.74 Å². The second-order valence-corrected chi connectivity index (χ2v) is 6.87. The van der Waals surface area contributed by atoms with E-state index in [1.54, 1.807) is 12.1 Å². The van der Waals surface area contributed by atoms with Crippen LogP contribution in [0.25, 0.3) is 0 Å². The van der Waals surface area contributed by atoms with Gasteiger partial charge in [-0.1, -0.05) is 30.3 Å². The van der Waals surface area contributed by atoms with Gasteiger partial charge in [0.05, 0.1) is 12.5 Å². The number of ether oxygens (including phenoxy) is 1. The molecule has 1 aliphatic rings. The van der Waals surface area contributed by atoms with Crippen molar-refractivity contribution >= 4 is 28.6 Å². The molecule has 4 heteroatoms. The van der Waals surface area contributed by atoms with Crippen LogP contribution < -0.4 is 0 Å². The Morgan fingerprint density at radius 3 is 2.55 bits per heavy atom. The molecule has 2 nitrogen and oxygen atoms in total. The molecule has 3 rings (SSSR count). The second-order valence-electron chi connectivity index (χ2n) is 5.62. The number of carbonyl (C=O) groups is 1. The summed E-state index contributed by atoms with van der Waals surface area (Å²) in [6, 6.07) is 14.9. The fourth-order valence-corrected chi connectivity index (χ4v) is 3.24. The maximum absolute atomic E-state index is 13.8. The van der Waals surface area contributed by atoms with Crippen molar-refractivity contribution in [3.8, 4) is 0 Å². The Morgan fingerprint density at radius 1 is 1.09 bits per heavy atom. The van der Waals surface area contributed by atoms with E-state index in [1.807, 2.05) is 30.3 Å². The molecule has 0 N–H and O–H groups in total. The van der Waals surface area contributed by atoms with Crippen molar-refractivity contribution in [2.24, 2.45) is 11.8 Å². The maximum atomic E-state index is 13.8. The summed E-state index contributed by atoms with van der Waals surface area (Å²) in [6.45, 7) is 0.377. The predicted molar refractivity (Wildman–Crippen MR) is 90.9 cm³/mol. The molecular formula is C18H16FIO2. The Bertz CT molecular complexity index is 669. The Labute approximate surface area is 142 Å². The van der Waals surface area contributed by atoms with Crippen LogP contribution in [0.3, 0.4) is 0 Å². The first-order valence-electron chi connectivity index (χ1n) is 7.28. The van der Waals surface area contributed by atoms with Crippen LogP contribution in [0.1, 0.15) is 11.1 Å². The van der Waals surface area contributed by atoms with Gasteiger partial charge in [0.15, 0.2) is 0 Å². The first-order chi connectivity index (χ1) is 10.6. The minimum Gasteiger partial charge on any atom is -0.465 e. The standard InChI is InChI=1S/C18H16FIO2/c19-17-4-2-1-3-13(17)10-14-11-22-18(21)16(14)9-12-5-7-15(20)8-6-12/h1-8,14,16H,9-11H2/t14-,16+/m0/s1. The molecule has 114 valence electrons. The Morgan fingerprint density at radius 2 is 1.82 bits per heavy atom. The zero-order chi connectivity index (χ0) is 15.5. The van der Waals surface area contributed by atoms with Crippen LogP contribution >= 0.6 is 22.6 Å². The van der Waals surface area contributed by atoms with Crippen molar-refractivity contribution in [3.05, 3.63) is 69.0 Å². The van der Waals surface area contributed by atoms with E-state index in [-0.39, 0.29) is 23.6 Å². The molecular weight excluding hydrogens is 394 g/mol. The lowest BCUT2D eigenvalue weighted by atomic mass is 9.85. The highest BCUT2D eigenvalue weighted by atomic mass is 127. The number of cyclic esters (lactones) is 1. The second kappa shape index (κ2) is 6.77. The molecule has 0 amide bonds. The predicted octanol–water partition coefficient (Wildman–Crippen LogP) is 4.00. The fraction of sp³-hybridized carbons (Fsp3) is 0.278. The number of esters is 1. The largest absolute Gasteiger partial charge is 0.465 e. The summed E-state index contributed by atoms with van der Waals surface area (Å²) >= 11 is 2.25. The molecule has 0 aliphatic carbocycles. The number of hydrogen-bond donors (Lipinski definition) is 0. The molecule has 1 heterocycles. The van der Waals surface area contributed by atoms with Gasteiger partial charge in [-0.2, -0.15) is 0 Å². The average Bonchev–Trinajstić information content (AvgIpc) is 2.85. The van der Waals surface area contributed by atoms with E-state index in [9.17, 15) is 9.18 Å². The quantitative estimate of drug-likeness (QED) is 0.563. The van der Waals surface area contributed by atoms with E-state index < -0.39 is 0 Å². The molecule has 1 aliphatic heterocycles. The van der Waals surface area contributed by atoms with Gasteiger partial charge in [-0.3, -0.25) is 4.79 Å². The summed E-state index contributed by atoms with van der Waals surface area (Å²) < 4.78 is 20.2.